The fourth-order valence-corrected chi connectivity index (χ4v) is 4.23. The molecular weight excluding hydrogens is 424 g/mol. The second kappa shape index (κ2) is 6.32. The van der Waals surface area contributed by atoms with Crippen molar-refractivity contribution in [3.63, 3.8) is 0 Å². The number of urea groups is 1. The first-order valence-corrected chi connectivity index (χ1v) is 9.36. The summed E-state index contributed by atoms with van der Waals surface area (Å²) in [5.74, 6) is -1.32. The highest BCUT2D eigenvalue weighted by molar-refractivity contribution is 7.88. The van der Waals surface area contributed by atoms with Gasteiger partial charge in [-0.05, 0) is 12.8 Å². The average Bonchev–Trinajstić information content (AvgIpc) is 3.27. The number of nitrogens with one attached hydrogen (secondary N) is 2. The van der Waals surface area contributed by atoms with E-state index in [4.69, 9.17) is 23.2 Å². The summed E-state index contributed by atoms with van der Waals surface area (Å²) in [4.78, 5) is 11.3. The van der Waals surface area contributed by atoms with Crippen molar-refractivity contribution in [2.45, 2.75) is 24.7 Å². The van der Waals surface area contributed by atoms with Crippen LogP contribution < -0.4 is 10.6 Å². The molecule has 144 valence electrons. The van der Waals surface area contributed by atoms with Gasteiger partial charge in [-0.3, -0.25) is 5.32 Å². The van der Waals surface area contributed by atoms with Crippen LogP contribution in [0, 0.1) is 5.92 Å². The van der Waals surface area contributed by atoms with Crippen LogP contribution in [0.4, 0.5) is 18.0 Å². The Bertz CT molecular complexity index is 823. The predicted molar refractivity (Wildman–Crippen MR) is 84.7 cm³/mol. The molecule has 3 rings (SSSR count). The van der Waals surface area contributed by atoms with E-state index in [1.807, 2.05) is 0 Å². The molecule has 0 unspecified atom stereocenters. The molecule has 15 heteroatoms. The third-order valence-corrected chi connectivity index (χ3v) is 5.99. The lowest BCUT2D eigenvalue weighted by atomic mass is 9.87. The lowest BCUT2D eigenvalue weighted by molar-refractivity contribution is -0.179. The van der Waals surface area contributed by atoms with Crippen LogP contribution in [0.2, 0.25) is 0 Å². The fraction of sp³-hybridized carbons (Fsp3) is 0.636. The third kappa shape index (κ3) is 3.40. The van der Waals surface area contributed by atoms with Gasteiger partial charge < -0.3 is 5.32 Å². The molecule has 3 heterocycles. The monoisotopic (exact) mass is 434 g/mol. The van der Waals surface area contributed by atoms with Crippen molar-refractivity contribution in [2.75, 3.05) is 13.1 Å². The summed E-state index contributed by atoms with van der Waals surface area (Å²) in [6.07, 6.45) is -4.77. The van der Waals surface area contributed by atoms with E-state index in [2.05, 4.69) is 25.3 Å². The summed E-state index contributed by atoms with van der Waals surface area (Å²) in [5.41, 5.74) is -2.62. The molecule has 2 saturated heterocycles. The van der Waals surface area contributed by atoms with Crippen LogP contribution in [0.15, 0.2) is 24.8 Å². The van der Waals surface area contributed by atoms with Gasteiger partial charge in [0.15, 0.2) is 5.84 Å². The SMILES string of the molecule is O=C1NC(=NS(=O)(=O)N2CCC(C3(C(F)(F)F)N=N3)CC2)C(=C(Cl)Cl)N1. The Balaban J connectivity index is 1.72. The number of amides is 2. The maximum absolute atomic E-state index is 13.0. The number of hydrogen-bond acceptors (Lipinski definition) is 5. The molecule has 0 aromatic carbocycles. The number of halogens is 5. The Morgan fingerprint density at radius 1 is 1.23 bits per heavy atom. The first-order chi connectivity index (χ1) is 12.0. The molecule has 3 aliphatic heterocycles. The van der Waals surface area contributed by atoms with E-state index in [-0.39, 0.29) is 31.6 Å². The van der Waals surface area contributed by atoms with Gasteiger partial charge in [0.25, 0.3) is 5.66 Å². The molecule has 2 amide bonds. The Morgan fingerprint density at radius 3 is 2.27 bits per heavy atom. The summed E-state index contributed by atoms with van der Waals surface area (Å²) >= 11 is 11.1. The van der Waals surface area contributed by atoms with E-state index in [0.29, 0.717) is 0 Å². The summed E-state index contributed by atoms with van der Waals surface area (Å²) in [5, 5.41) is 10.6. The smallest absolute Gasteiger partial charge is 0.302 e. The highest BCUT2D eigenvalue weighted by Gasteiger charge is 2.68. The number of alkyl halides is 3. The standard InChI is InChI=1S/C11H11Cl2F3N6O3S/c12-7(13)6-8(18-9(23)17-6)19-26(24,25)22-3-1-5(2-4-22)10(20-21-10)11(14,15)16/h5H,1-4H2,(H2,17,18,19,23). The van der Waals surface area contributed by atoms with Crippen molar-refractivity contribution in [3.8, 4) is 0 Å². The average molecular weight is 435 g/mol. The van der Waals surface area contributed by atoms with Crippen LogP contribution in [0.3, 0.4) is 0 Å². The Labute approximate surface area is 155 Å². The topological polar surface area (TPSA) is 116 Å². The predicted octanol–water partition coefficient (Wildman–Crippen LogP) is 2.03. The summed E-state index contributed by atoms with van der Waals surface area (Å²) in [6.45, 7) is -0.386. The highest BCUT2D eigenvalue weighted by Crippen LogP contribution is 2.52. The van der Waals surface area contributed by atoms with Crippen molar-refractivity contribution in [1.29, 1.82) is 0 Å². The van der Waals surface area contributed by atoms with Gasteiger partial charge in [-0.2, -0.15) is 25.9 Å². The maximum Gasteiger partial charge on any atom is 0.437 e. The van der Waals surface area contributed by atoms with Gasteiger partial charge >= 0.3 is 22.4 Å². The summed E-state index contributed by atoms with van der Waals surface area (Å²) in [7, 11) is -4.27. The molecule has 2 N–H and O–H groups in total. The molecule has 26 heavy (non-hydrogen) atoms. The lowest BCUT2D eigenvalue weighted by Crippen LogP contribution is -2.47. The van der Waals surface area contributed by atoms with Crippen molar-refractivity contribution < 1.29 is 26.4 Å². The van der Waals surface area contributed by atoms with E-state index in [0.717, 1.165) is 4.31 Å². The van der Waals surface area contributed by atoms with Crippen molar-refractivity contribution in [2.24, 2.45) is 20.5 Å². The molecule has 0 aromatic rings. The minimum atomic E-state index is -4.60. The van der Waals surface area contributed by atoms with E-state index >= 15 is 0 Å². The zero-order chi connectivity index (χ0) is 19.3. The number of carbonyl (C=O) groups excluding carboxylic acids is 1. The van der Waals surface area contributed by atoms with E-state index in [9.17, 15) is 26.4 Å². The second-order valence-electron chi connectivity index (χ2n) is 5.73. The molecule has 0 aromatic heterocycles. The summed E-state index contributed by atoms with van der Waals surface area (Å²) < 4.78 is 67.8. The highest BCUT2D eigenvalue weighted by atomic mass is 35.5. The molecule has 3 aliphatic rings. The molecule has 0 radical (unpaired) electrons. The zero-order valence-corrected chi connectivity index (χ0v) is 15.0. The van der Waals surface area contributed by atoms with Gasteiger partial charge in [-0.25, -0.2) is 4.79 Å². The molecule has 0 bridgehead atoms. The number of nitrogens with zero attached hydrogens (tertiary/aromatic N) is 4. The molecule has 2 fully saturated rings. The number of piperidine rings is 1. The Hall–Kier alpha value is -1.44. The van der Waals surface area contributed by atoms with Crippen LogP contribution in [-0.4, -0.2) is 49.5 Å². The fourth-order valence-electron chi connectivity index (χ4n) is 2.80. The first kappa shape index (κ1) is 19.3. The number of rotatable bonds is 3. The second-order valence-corrected chi connectivity index (χ2v) is 8.27. The molecule has 0 aliphatic carbocycles. The van der Waals surface area contributed by atoms with E-state index in [1.54, 1.807) is 0 Å². The van der Waals surface area contributed by atoms with Gasteiger partial charge in [0.2, 0.25) is 0 Å². The lowest BCUT2D eigenvalue weighted by Gasteiger charge is -2.32. The van der Waals surface area contributed by atoms with Crippen molar-refractivity contribution in [1.82, 2.24) is 14.9 Å². The normalized spacial score (nSPS) is 25.3. The van der Waals surface area contributed by atoms with Crippen molar-refractivity contribution >= 4 is 45.3 Å². The quantitative estimate of drug-likeness (QED) is 0.707. The van der Waals surface area contributed by atoms with Gasteiger partial charge in [-0.15, -0.1) is 14.6 Å². The summed E-state index contributed by atoms with van der Waals surface area (Å²) in [6, 6.07) is -0.768. The molecular formula is C11H11Cl2F3N6O3S. The number of amidine groups is 1. The molecule has 0 spiro atoms. The maximum atomic E-state index is 13.0. The van der Waals surface area contributed by atoms with Gasteiger partial charge in [0.05, 0.1) is 0 Å². The first-order valence-electron chi connectivity index (χ1n) is 7.21. The van der Waals surface area contributed by atoms with E-state index in [1.165, 1.54) is 0 Å². The van der Waals surface area contributed by atoms with Crippen molar-refractivity contribution in [3.05, 3.63) is 10.2 Å². The van der Waals surface area contributed by atoms with Gasteiger partial charge in [0, 0.05) is 19.0 Å². The van der Waals surface area contributed by atoms with Crippen LogP contribution in [0.5, 0.6) is 0 Å². The number of hydrogen-bond donors (Lipinski definition) is 2. The van der Waals surface area contributed by atoms with Crippen LogP contribution in [-0.2, 0) is 10.2 Å². The zero-order valence-electron chi connectivity index (χ0n) is 12.7. The van der Waals surface area contributed by atoms with Crippen LogP contribution in [0.25, 0.3) is 0 Å². The Morgan fingerprint density at radius 2 is 1.81 bits per heavy atom. The van der Waals surface area contributed by atoms with Crippen LogP contribution in [0.1, 0.15) is 12.8 Å². The minimum absolute atomic E-state index is 0.0832. The molecule has 0 atom stereocenters. The van der Waals surface area contributed by atoms with Gasteiger partial charge in [-0.1, -0.05) is 23.2 Å². The van der Waals surface area contributed by atoms with Gasteiger partial charge in [0.1, 0.15) is 10.2 Å². The molecule has 9 nitrogen and oxygen atoms in total. The minimum Gasteiger partial charge on any atom is -0.302 e. The van der Waals surface area contributed by atoms with E-state index < -0.39 is 44.3 Å². The number of carbonyl (C=O) groups is 1. The molecule has 0 saturated carbocycles. The third-order valence-electron chi connectivity index (χ3n) is 4.19. The Kier molecular flexibility index (Phi) is 4.70. The van der Waals surface area contributed by atoms with Crippen LogP contribution >= 0.6 is 23.2 Å². The largest absolute Gasteiger partial charge is 0.437 e.